The third-order valence-electron chi connectivity index (χ3n) is 5.04. The minimum Gasteiger partial charge on any atom is -0.325 e. The molecule has 0 saturated carbocycles. The molecule has 0 amide bonds. The summed E-state index contributed by atoms with van der Waals surface area (Å²) in [6, 6.07) is 0. The molecule has 0 aliphatic carbocycles. The second kappa shape index (κ2) is 18.0. The van der Waals surface area contributed by atoms with E-state index in [1.165, 1.54) is 88.4 Å². The molecular weight excluding hydrogens is 254 g/mol. The zero-order valence-corrected chi connectivity index (χ0v) is 16.1. The van der Waals surface area contributed by atoms with E-state index in [-0.39, 0.29) is 0 Å². The molecule has 0 aliphatic heterocycles. The van der Waals surface area contributed by atoms with Gasteiger partial charge in [-0.1, -0.05) is 78.1 Å². The van der Waals surface area contributed by atoms with Crippen LogP contribution in [-0.2, 0) is 0 Å². The van der Waals surface area contributed by atoms with Crippen molar-refractivity contribution in [3.05, 3.63) is 6.92 Å². The van der Waals surface area contributed by atoms with E-state index in [2.05, 4.69) is 41.5 Å². The van der Waals surface area contributed by atoms with Crippen LogP contribution in [0.25, 0.3) is 0 Å². The number of nitrogens with zero attached hydrogens (tertiary/aromatic N) is 1. The van der Waals surface area contributed by atoms with Crippen LogP contribution in [0.15, 0.2) is 0 Å². The van der Waals surface area contributed by atoms with Gasteiger partial charge in [-0.15, -0.1) is 0 Å². The average molecular weight is 300 g/mol. The van der Waals surface area contributed by atoms with Crippen LogP contribution in [-0.4, -0.2) is 30.7 Å². The molecular formula is C20H45N+. The van der Waals surface area contributed by atoms with Crippen molar-refractivity contribution in [1.29, 1.82) is 0 Å². The van der Waals surface area contributed by atoms with Gasteiger partial charge in [-0.25, -0.2) is 0 Å². The van der Waals surface area contributed by atoms with Gasteiger partial charge >= 0.3 is 0 Å². The van der Waals surface area contributed by atoms with Gasteiger partial charge in [-0.2, -0.15) is 0 Å². The van der Waals surface area contributed by atoms with Crippen LogP contribution >= 0.6 is 0 Å². The standard InChI is InChI=1S/C12H25.C8H20N/c1-3-5-7-9-11-12-10-8-6-4-2;1-5-9(6-2,7-3)8-4/h1,3-12H2,2H3;5-8H2,1-4H3/q;+1. The van der Waals surface area contributed by atoms with E-state index < -0.39 is 0 Å². The molecule has 0 aromatic carbocycles. The average Bonchev–Trinajstić information content (AvgIpc) is 2.53. The van der Waals surface area contributed by atoms with Gasteiger partial charge < -0.3 is 4.48 Å². The molecule has 1 heteroatoms. The lowest BCUT2D eigenvalue weighted by Crippen LogP contribution is -2.47. The second-order valence-electron chi connectivity index (χ2n) is 6.29. The monoisotopic (exact) mass is 299 g/mol. The highest BCUT2D eigenvalue weighted by Gasteiger charge is 2.16. The summed E-state index contributed by atoms with van der Waals surface area (Å²) >= 11 is 0. The number of unbranched alkanes of at least 4 members (excludes halogenated alkanes) is 9. The summed E-state index contributed by atoms with van der Waals surface area (Å²) in [4.78, 5) is 0. The Labute approximate surface area is 137 Å². The van der Waals surface area contributed by atoms with Crippen LogP contribution < -0.4 is 0 Å². The van der Waals surface area contributed by atoms with Crippen molar-refractivity contribution in [1.82, 2.24) is 0 Å². The first kappa shape index (κ1) is 23.2. The fraction of sp³-hybridized carbons (Fsp3) is 0.950. The SMILES string of the molecule is CC[N+](CC)(CC)CC.[CH2]CCCCCCCCCCC. The second-order valence-corrected chi connectivity index (χ2v) is 6.29. The van der Waals surface area contributed by atoms with Gasteiger partial charge in [0, 0.05) is 0 Å². The summed E-state index contributed by atoms with van der Waals surface area (Å²) < 4.78 is 1.28. The van der Waals surface area contributed by atoms with Crippen molar-refractivity contribution < 1.29 is 4.48 Å². The van der Waals surface area contributed by atoms with E-state index in [1.807, 2.05) is 0 Å². The van der Waals surface area contributed by atoms with Gasteiger partial charge in [0.1, 0.15) is 0 Å². The highest BCUT2D eigenvalue weighted by Crippen LogP contribution is 2.09. The summed E-state index contributed by atoms with van der Waals surface area (Å²) in [5.41, 5.74) is 0. The summed E-state index contributed by atoms with van der Waals surface area (Å²) in [6.45, 7) is 20.3. The number of hydrogen-bond acceptors (Lipinski definition) is 0. The highest BCUT2D eigenvalue weighted by atomic mass is 15.3. The molecule has 0 atom stereocenters. The van der Waals surface area contributed by atoms with Gasteiger partial charge in [0.25, 0.3) is 0 Å². The van der Waals surface area contributed by atoms with E-state index in [4.69, 9.17) is 0 Å². The van der Waals surface area contributed by atoms with Gasteiger partial charge in [-0.3, -0.25) is 0 Å². The fourth-order valence-electron chi connectivity index (χ4n) is 2.83. The molecule has 0 aliphatic rings. The Kier molecular flexibility index (Phi) is 19.9. The minimum atomic E-state index is 1.12. The molecule has 0 fully saturated rings. The lowest BCUT2D eigenvalue weighted by molar-refractivity contribution is -0.921. The van der Waals surface area contributed by atoms with E-state index in [1.54, 1.807) is 0 Å². The molecule has 129 valence electrons. The largest absolute Gasteiger partial charge is 0.325 e. The maximum atomic E-state index is 3.84. The fourth-order valence-corrected chi connectivity index (χ4v) is 2.83. The van der Waals surface area contributed by atoms with Crippen LogP contribution in [0.4, 0.5) is 0 Å². The molecule has 0 heterocycles. The Morgan fingerprint density at radius 3 is 1.10 bits per heavy atom. The lowest BCUT2D eigenvalue weighted by atomic mass is 10.1. The van der Waals surface area contributed by atoms with Crippen LogP contribution in [0.2, 0.25) is 0 Å². The van der Waals surface area contributed by atoms with Crippen LogP contribution in [0, 0.1) is 6.92 Å². The third kappa shape index (κ3) is 14.7. The van der Waals surface area contributed by atoms with E-state index in [9.17, 15) is 0 Å². The molecule has 0 aromatic heterocycles. The van der Waals surface area contributed by atoms with Crippen molar-refractivity contribution in [2.24, 2.45) is 0 Å². The van der Waals surface area contributed by atoms with E-state index >= 15 is 0 Å². The van der Waals surface area contributed by atoms with Gasteiger partial charge in [0.05, 0.1) is 26.2 Å². The quantitative estimate of drug-likeness (QED) is 0.265. The van der Waals surface area contributed by atoms with Gasteiger partial charge in [0.15, 0.2) is 0 Å². The lowest BCUT2D eigenvalue weighted by Gasteiger charge is -2.34. The Balaban J connectivity index is 0. The molecule has 21 heavy (non-hydrogen) atoms. The summed E-state index contributed by atoms with van der Waals surface area (Å²) in [5, 5.41) is 0. The van der Waals surface area contributed by atoms with Crippen molar-refractivity contribution in [2.75, 3.05) is 26.2 Å². The predicted molar refractivity (Wildman–Crippen MR) is 99.6 cm³/mol. The molecule has 0 spiro atoms. The smallest absolute Gasteiger partial charge is 0.0757 e. The Morgan fingerprint density at radius 2 is 0.857 bits per heavy atom. The first-order valence-corrected chi connectivity index (χ1v) is 9.80. The van der Waals surface area contributed by atoms with Crippen molar-refractivity contribution in [2.45, 2.75) is 98.8 Å². The number of quaternary nitrogens is 1. The number of rotatable bonds is 13. The molecule has 1 radical (unpaired) electrons. The predicted octanol–water partition coefficient (Wildman–Crippen LogP) is 6.62. The first-order chi connectivity index (χ1) is 10.2. The molecule has 1 nitrogen and oxygen atoms in total. The maximum Gasteiger partial charge on any atom is 0.0757 e. The summed E-state index contributed by atoms with van der Waals surface area (Å²) in [6.07, 6.45) is 13.9. The maximum absolute atomic E-state index is 3.84. The molecule has 0 bridgehead atoms. The Bertz CT molecular complexity index is 145. The third-order valence-corrected chi connectivity index (χ3v) is 5.04. The van der Waals surface area contributed by atoms with Gasteiger partial charge in [0.2, 0.25) is 0 Å². The van der Waals surface area contributed by atoms with Crippen molar-refractivity contribution >= 4 is 0 Å². The number of hydrogen-bond donors (Lipinski definition) is 0. The summed E-state index contributed by atoms with van der Waals surface area (Å²) in [5.74, 6) is 0. The van der Waals surface area contributed by atoms with Crippen molar-refractivity contribution in [3.8, 4) is 0 Å². The Hall–Kier alpha value is -0.0400. The van der Waals surface area contributed by atoms with E-state index in [0.29, 0.717) is 0 Å². The molecule has 0 saturated heterocycles. The van der Waals surface area contributed by atoms with E-state index in [0.717, 1.165) is 6.42 Å². The van der Waals surface area contributed by atoms with Crippen LogP contribution in [0.1, 0.15) is 98.8 Å². The zero-order valence-electron chi connectivity index (χ0n) is 16.1. The first-order valence-electron chi connectivity index (χ1n) is 9.80. The topological polar surface area (TPSA) is 0 Å². The highest BCUT2D eigenvalue weighted by molar-refractivity contribution is 4.47. The Morgan fingerprint density at radius 1 is 0.524 bits per heavy atom. The van der Waals surface area contributed by atoms with Crippen LogP contribution in [0.3, 0.4) is 0 Å². The molecule has 0 rings (SSSR count). The molecule has 0 N–H and O–H groups in total. The van der Waals surface area contributed by atoms with Gasteiger partial charge in [-0.05, 0) is 27.7 Å². The molecule has 0 unspecified atom stereocenters. The zero-order chi connectivity index (χ0) is 16.4. The molecule has 0 aromatic rings. The summed E-state index contributed by atoms with van der Waals surface area (Å²) in [7, 11) is 0. The normalized spacial score (nSPS) is 11.1. The minimum absolute atomic E-state index is 1.12. The van der Waals surface area contributed by atoms with Crippen LogP contribution in [0.5, 0.6) is 0 Å². The van der Waals surface area contributed by atoms with Crippen molar-refractivity contribution in [3.63, 3.8) is 0 Å².